The minimum absolute atomic E-state index is 0.0279. The number of rotatable bonds is 8. The Morgan fingerprint density at radius 1 is 1.24 bits per heavy atom. The molecule has 3 aromatic rings. The maximum Gasteiger partial charge on any atom is 0.340 e. The maximum atomic E-state index is 13.2. The fourth-order valence-corrected chi connectivity index (χ4v) is 5.11. The van der Waals surface area contributed by atoms with E-state index in [0.717, 1.165) is 57.3 Å². The normalized spacial score (nSPS) is 15.8. The van der Waals surface area contributed by atoms with Crippen LogP contribution in [0, 0.1) is 0 Å². The zero-order valence-electron chi connectivity index (χ0n) is 19.8. The summed E-state index contributed by atoms with van der Waals surface area (Å²) in [7, 11) is 4.09. The van der Waals surface area contributed by atoms with Crippen molar-refractivity contribution in [3.8, 4) is 5.75 Å². The van der Waals surface area contributed by atoms with Crippen LogP contribution in [0.15, 0.2) is 40.9 Å². The van der Waals surface area contributed by atoms with E-state index in [-0.39, 0.29) is 12.2 Å². The first-order valence-electron chi connectivity index (χ1n) is 11.6. The molecule has 1 N–H and O–H groups in total. The Bertz CT molecular complexity index is 1140. The summed E-state index contributed by atoms with van der Waals surface area (Å²) >= 11 is 3.74. The average molecular weight is 514 g/mol. The molecule has 176 valence electrons. The zero-order chi connectivity index (χ0) is 23.5. The Labute approximate surface area is 204 Å². The summed E-state index contributed by atoms with van der Waals surface area (Å²) in [5.41, 5.74) is 4.52. The summed E-state index contributed by atoms with van der Waals surface area (Å²) < 4.78 is 15.0. The lowest BCUT2D eigenvalue weighted by Crippen LogP contribution is -2.40. The first-order valence-corrected chi connectivity index (χ1v) is 12.4. The van der Waals surface area contributed by atoms with Gasteiger partial charge in [-0.15, -0.1) is 0 Å². The zero-order valence-corrected chi connectivity index (χ0v) is 21.4. The van der Waals surface area contributed by atoms with Gasteiger partial charge in [0, 0.05) is 30.2 Å². The molecule has 1 aromatic heterocycles. The van der Waals surface area contributed by atoms with E-state index in [1.54, 1.807) is 0 Å². The van der Waals surface area contributed by atoms with E-state index in [9.17, 15) is 4.79 Å². The predicted molar refractivity (Wildman–Crippen MR) is 136 cm³/mol. The fourth-order valence-electron chi connectivity index (χ4n) is 4.56. The third-order valence-corrected chi connectivity index (χ3v) is 6.88. The molecule has 2 aromatic carbocycles. The molecule has 33 heavy (non-hydrogen) atoms. The molecule has 1 aliphatic heterocycles. The molecular formula is C26H32BrN3O3. The van der Waals surface area contributed by atoms with Gasteiger partial charge in [-0.3, -0.25) is 4.90 Å². The van der Waals surface area contributed by atoms with Crippen LogP contribution in [0.4, 0.5) is 5.69 Å². The van der Waals surface area contributed by atoms with Crippen molar-refractivity contribution < 1.29 is 14.3 Å². The third kappa shape index (κ3) is 4.62. The highest BCUT2D eigenvalue weighted by molar-refractivity contribution is 9.10. The SMILES string of the molecule is CCCCC1Oc2c(Br)cc3c(c2CN1C)c(C(=O)OCC)c(CNc1ccccc1)n3C. The van der Waals surface area contributed by atoms with Crippen LogP contribution in [-0.2, 0) is 24.9 Å². The minimum atomic E-state index is -0.298. The lowest BCUT2D eigenvalue weighted by Gasteiger charge is -2.35. The molecule has 0 radical (unpaired) electrons. The molecule has 0 amide bonds. The number of carbonyl (C=O) groups excluding carboxylic acids is 1. The van der Waals surface area contributed by atoms with E-state index in [2.05, 4.69) is 50.8 Å². The first-order chi connectivity index (χ1) is 16.0. The molecule has 0 spiro atoms. The molecule has 0 fully saturated rings. The number of esters is 1. The van der Waals surface area contributed by atoms with Crippen molar-refractivity contribution in [2.45, 2.75) is 52.4 Å². The number of anilines is 1. The Morgan fingerprint density at radius 2 is 2.00 bits per heavy atom. The highest BCUT2D eigenvalue weighted by Crippen LogP contribution is 2.43. The van der Waals surface area contributed by atoms with E-state index in [1.807, 2.05) is 44.3 Å². The van der Waals surface area contributed by atoms with Crippen LogP contribution in [0.2, 0.25) is 0 Å². The van der Waals surface area contributed by atoms with E-state index < -0.39 is 0 Å². The van der Waals surface area contributed by atoms with Gasteiger partial charge >= 0.3 is 5.97 Å². The number of ether oxygens (including phenoxy) is 2. The molecule has 7 heteroatoms. The van der Waals surface area contributed by atoms with E-state index in [1.165, 1.54) is 0 Å². The summed E-state index contributed by atoms with van der Waals surface area (Å²) in [5, 5.41) is 4.37. The number of benzene rings is 2. The van der Waals surface area contributed by atoms with Crippen molar-refractivity contribution in [3.05, 3.63) is 57.7 Å². The van der Waals surface area contributed by atoms with Crippen molar-refractivity contribution >= 4 is 38.5 Å². The van der Waals surface area contributed by atoms with E-state index in [4.69, 9.17) is 9.47 Å². The summed E-state index contributed by atoms with van der Waals surface area (Å²) in [6, 6.07) is 12.1. The molecule has 4 rings (SSSR count). The molecular weight excluding hydrogens is 482 g/mol. The second-order valence-electron chi connectivity index (χ2n) is 8.51. The van der Waals surface area contributed by atoms with E-state index in [0.29, 0.717) is 25.3 Å². The number of hydrogen-bond donors (Lipinski definition) is 1. The van der Waals surface area contributed by atoms with Crippen LogP contribution < -0.4 is 10.1 Å². The number of unbranched alkanes of at least 4 members (excludes halogenated alkanes) is 1. The monoisotopic (exact) mass is 513 g/mol. The van der Waals surface area contributed by atoms with Crippen LogP contribution in [-0.4, -0.2) is 35.3 Å². The average Bonchev–Trinajstić information content (AvgIpc) is 3.09. The number of fused-ring (bicyclic) bond motifs is 3. The number of para-hydroxylation sites is 1. The largest absolute Gasteiger partial charge is 0.474 e. The van der Waals surface area contributed by atoms with Gasteiger partial charge in [-0.2, -0.15) is 0 Å². The minimum Gasteiger partial charge on any atom is -0.474 e. The number of aromatic nitrogens is 1. The molecule has 1 unspecified atom stereocenters. The molecule has 1 aliphatic rings. The molecule has 2 heterocycles. The van der Waals surface area contributed by atoms with Gasteiger partial charge in [0.2, 0.25) is 0 Å². The number of aryl methyl sites for hydroxylation is 1. The van der Waals surface area contributed by atoms with Crippen molar-refractivity contribution in [2.24, 2.45) is 7.05 Å². The predicted octanol–water partition coefficient (Wildman–Crippen LogP) is 6.07. The molecule has 1 atom stereocenters. The number of nitrogens with one attached hydrogen (secondary N) is 1. The smallest absolute Gasteiger partial charge is 0.340 e. The lowest BCUT2D eigenvalue weighted by molar-refractivity contribution is 0.0114. The number of nitrogens with zero attached hydrogens (tertiary/aromatic N) is 2. The maximum absolute atomic E-state index is 13.2. The quantitative estimate of drug-likeness (QED) is 0.370. The number of hydrogen-bond acceptors (Lipinski definition) is 5. The van der Waals surface area contributed by atoms with Gasteiger partial charge < -0.3 is 19.4 Å². The van der Waals surface area contributed by atoms with Crippen LogP contribution in [0.3, 0.4) is 0 Å². The highest BCUT2D eigenvalue weighted by Gasteiger charge is 2.32. The van der Waals surface area contributed by atoms with Gasteiger partial charge in [-0.25, -0.2) is 4.79 Å². The van der Waals surface area contributed by atoms with Gasteiger partial charge in [0.15, 0.2) is 6.23 Å². The lowest BCUT2D eigenvalue weighted by atomic mass is 10.0. The molecule has 0 bridgehead atoms. The standard InChI is InChI=1S/C26H32BrN3O3/c1-5-7-13-22-29(3)16-18-23-20(14-19(27)25(18)33-22)30(4)21(24(23)26(31)32-6-2)15-28-17-11-9-8-10-12-17/h8-12,14,22,28H,5-7,13,15-16H2,1-4H3. The first kappa shape index (κ1) is 23.6. The van der Waals surface area contributed by atoms with Gasteiger partial charge in [0.25, 0.3) is 0 Å². The van der Waals surface area contributed by atoms with Crippen LogP contribution in [0.5, 0.6) is 5.75 Å². The molecule has 0 saturated carbocycles. The molecule has 0 aliphatic carbocycles. The summed E-state index contributed by atoms with van der Waals surface area (Å²) in [5.74, 6) is 0.536. The van der Waals surface area contributed by atoms with Gasteiger partial charge in [-0.05, 0) is 60.9 Å². The summed E-state index contributed by atoms with van der Waals surface area (Å²) in [4.78, 5) is 15.5. The second-order valence-corrected chi connectivity index (χ2v) is 9.37. The van der Waals surface area contributed by atoms with Crippen molar-refractivity contribution in [3.63, 3.8) is 0 Å². The van der Waals surface area contributed by atoms with Crippen LogP contribution >= 0.6 is 15.9 Å². The Kier molecular flexibility index (Phi) is 7.29. The third-order valence-electron chi connectivity index (χ3n) is 6.29. The molecule has 6 nitrogen and oxygen atoms in total. The van der Waals surface area contributed by atoms with Crippen molar-refractivity contribution in [1.82, 2.24) is 9.47 Å². The van der Waals surface area contributed by atoms with Crippen molar-refractivity contribution in [1.29, 1.82) is 0 Å². The van der Waals surface area contributed by atoms with E-state index >= 15 is 0 Å². The fraction of sp³-hybridized carbons (Fsp3) is 0.423. The molecule has 0 saturated heterocycles. The van der Waals surface area contributed by atoms with Gasteiger partial charge in [0.1, 0.15) is 5.75 Å². The van der Waals surface area contributed by atoms with Crippen LogP contribution in [0.1, 0.15) is 54.7 Å². The summed E-state index contributed by atoms with van der Waals surface area (Å²) in [6.07, 6.45) is 3.24. The van der Waals surface area contributed by atoms with Gasteiger partial charge in [0.05, 0.1) is 34.4 Å². The van der Waals surface area contributed by atoms with Crippen molar-refractivity contribution in [2.75, 3.05) is 19.0 Å². The topological polar surface area (TPSA) is 55.7 Å². The highest BCUT2D eigenvalue weighted by atomic mass is 79.9. The Morgan fingerprint density at radius 3 is 2.70 bits per heavy atom. The van der Waals surface area contributed by atoms with Gasteiger partial charge in [-0.1, -0.05) is 31.5 Å². The second kappa shape index (κ2) is 10.2. The summed E-state index contributed by atoms with van der Waals surface area (Å²) in [6.45, 7) is 5.57. The number of carbonyl (C=O) groups is 1. The number of halogens is 1. The van der Waals surface area contributed by atoms with Crippen LogP contribution in [0.25, 0.3) is 10.9 Å². The Balaban J connectivity index is 1.84. The Hall–Kier alpha value is -2.51.